The first-order valence-corrected chi connectivity index (χ1v) is 8.13. The average Bonchev–Trinajstić information content (AvgIpc) is 3.20. The van der Waals surface area contributed by atoms with Gasteiger partial charge in [-0.1, -0.05) is 11.6 Å². The highest BCUT2D eigenvalue weighted by atomic mass is 35.5. The highest BCUT2D eigenvalue weighted by Crippen LogP contribution is 2.31. The second-order valence-corrected chi connectivity index (χ2v) is 6.10. The Hall–Kier alpha value is -3.11. The lowest BCUT2D eigenvalue weighted by Crippen LogP contribution is -2.00. The zero-order chi connectivity index (χ0) is 17.4. The van der Waals surface area contributed by atoms with E-state index in [0.29, 0.717) is 22.5 Å². The first-order chi connectivity index (χ1) is 12.1. The molecule has 0 aliphatic carbocycles. The molecule has 124 valence electrons. The number of fused-ring (bicyclic) bond motifs is 1. The Bertz CT molecular complexity index is 983. The van der Waals surface area contributed by atoms with Crippen molar-refractivity contribution in [3.05, 3.63) is 46.7 Å². The molecule has 1 aliphatic heterocycles. The third-order valence-corrected chi connectivity index (χ3v) is 4.40. The Labute approximate surface area is 149 Å². The Morgan fingerprint density at radius 1 is 1.36 bits per heavy atom. The van der Waals surface area contributed by atoms with Crippen LogP contribution in [0.4, 0.5) is 17.5 Å². The van der Waals surface area contributed by atoms with Crippen molar-refractivity contribution in [2.45, 2.75) is 6.42 Å². The van der Waals surface area contributed by atoms with E-state index in [1.807, 2.05) is 12.1 Å². The van der Waals surface area contributed by atoms with Gasteiger partial charge in [-0.25, -0.2) is 9.97 Å². The molecule has 0 amide bonds. The van der Waals surface area contributed by atoms with Gasteiger partial charge in [-0.05, 0) is 30.2 Å². The predicted molar refractivity (Wildman–Crippen MR) is 95.9 cm³/mol. The van der Waals surface area contributed by atoms with Crippen molar-refractivity contribution in [1.29, 1.82) is 5.26 Å². The van der Waals surface area contributed by atoms with E-state index in [-0.39, 0.29) is 0 Å². The van der Waals surface area contributed by atoms with Gasteiger partial charge in [0, 0.05) is 31.4 Å². The summed E-state index contributed by atoms with van der Waals surface area (Å²) < 4.78 is 1.56. The number of aryl methyl sites for hydroxylation is 1. The van der Waals surface area contributed by atoms with Crippen LogP contribution >= 0.6 is 11.6 Å². The molecular formula is C17H14ClN7. The van der Waals surface area contributed by atoms with Crippen LogP contribution in [-0.2, 0) is 13.5 Å². The lowest BCUT2D eigenvalue weighted by atomic mass is 10.0. The molecule has 1 aliphatic rings. The predicted octanol–water partition coefficient (Wildman–Crippen LogP) is 3.11. The Kier molecular flexibility index (Phi) is 3.75. The van der Waals surface area contributed by atoms with E-state index < -0.39 is 0 Å². The molecule has 4 rings (SSSR count). The zero-order valence-electron chi connectivity index (χ0n) is 13.4. The van der Waals surface area contributed by atoms with Crippen molar-refractivity contribution in [3.8, 4) is 17.3 Å². The maximum atomic E-state index is 9.39. The number of hydrogen-bond acceptors (Lipinski definition) is 6. The minimum Gasteiger partial charge on any atom is -0.383 e. The topological polar surface area (TPSA) is 91.5 Å². The number of nitriles is 1. The molecule has 0 unspecified atom stereocenters. The molecule has 7 nitrogen and oxygen atoms in total. The van der Waals surface area contributed by atoms with Gasteiger partial charge < -0.3 is 10.6 Å². The van der Waals surface area contributed by atoms with Gasteiger partial charge in [0.1, 0.15) is 11.2 Å². The smallest absolute Gasteiger partial charge is 0.228 e. The van der Waals surface area contributed by atoms with Gasteiger partial charge in [-0.3, -0.25) is 4.68 Å². The van der Waals surface area contributed by atoms with Crippen LogP contribution in [0.25, 0.3) is 11.3 Å². The van der Waals surface area contributed by atoms with E-state index in [0.717, 1.165) is 35.5 Å². The lowest BCUT2D eigenvalue weighted by Gasteiger charge is -2.08. The first-order valence-electron chi connectivity index (χ1n) is 7.75. The normalized spacial score (nSPS) is 12.4. The van der Waals surface area contributed by atoms with Crippen LogP contribution in [0.3, 0.4) is 0 Å². The van der Waals surface area contributed by atoms with E-state index in [9.17, 15) is 5.26 Å². The molecule has 0 atom stereocenters. The summed E-state index contributed by atoms with van der Waals surface area (Å²) in [6.45, 7) is 0.852. The minimum absolute atomic E-state index is 0.421. The molecule has 0 saturated heterocycles. The standard InChI is InChI=1S/C17H14ClN7/c1-25-14(18)8-15(24-25)23-17-21-5-3-13(22-17)11-6-10-2-4-20-16(10)12(7-11)9-19/h3,5-8,20H,2,4H2,1H3,(H,21,22,23,24). The molecule has 0 spiro atoms. The van der Waals surface area contributed by atoms with E-state index >= 15 is 0 Å². The molecule has 0 bridgehead atoms. The van der Waals surface area contributed by atoms with Gasteiger partial charge in [-0.2, -0.15) is 10.4 Å². The first kappa shape index (κ1) is 15.4. The Morgan fingerprint density at radius 3 is 3.00 bits per heavy atom. The summed E-state index contributed by atoms with van der Waals surface area (Å²) in [5.74, 6) is 0.991. The van der Waals surface area contributed by atoms with Gasteiger partial charge in [0.25, 0.3) is 0 Å². The quantitative estimate of drug-likeness (QED) is 0.753. The van der Waals surface area contributed by atoms with Crippen LogP contribution in [0.1, 0.15) is 11.1 Å². The van der Waals surface area contributed by atoms with Crippen molar-refractivity contribution in [2.24, 2.45) is 7.05 Å². The van der Waals surface area contributed by atoms with Gasteiger partial charge in [0.2, 0.25) is 5.95 Å². The number of aromatic nitrogens is 4. The van der Waals surface area contributed by atoms with Crippen LogP contribution in [0, 0.1) is 11.3 Å². The maximum Gasteiger partial charge on any atom is 0.228 e. The number of nitrogens with zero attached hydrogens (tertiary/aromatic N) is 5. The van der Waals surface area contributed by atoms with Crippen molar-refractivity contribution in [1.82, 2.24) is 19.7 Å². The maximum absolute atomic E-state index is 9.39. The lowest BCUT2D eigenvalue weighted by molar-refractivity contribution is 0.771. The largest absolute Gasteiger partial charge is 0.383 e. The number of benzene rings is 1. The van der Waals surface area contributed by atoms with E-state index in [4.69, 9.17) is 11.6 Å². The van der Waals surface area contributed by atoms with Gasteiger partial charge in [0.05, 0.1) is 16.9 Å². The fraction of sp³-hybridized carbons (Fsp3) is 0.176. The second-order valence-electron chi connectivity index (χ2n) is 5.71. The fourth-order valence-corrected chi connectivity index (χ4v) is 3.01. The van der Waals surface area contributed by atoms with Gasteiger partial charge in [-0.15, -0.1) is 0 Å². The molecule has 0 saturated carbocycles. The van der Waals surface area contributed by atoms with Gasteiger partial charge >= 0.3 is 0 Å². The molecule has 25 heavy (non-hydrogen) atoms. The van der Waals surface area contributed by atoms with Crippen molar-refractivity contribution in [2.75, 3.05) is 17.2 Å². The highest BCUT2D eigenvalue weighted by Gasteiger charge is 2.17. The summed E-state index contributed by atoms with van der Waals surface area (Å²) in [4.78, 5) is 8.76. The summed E-state index contributed by atoms with van der Waals surface area (Å²) in [5.41, 5.74) is 4.34. The molecule has 3 heterocycles. The summed E-state index contributed by atoms with van der Waals surface area (Å²) >= 11 is 5.99. The molecular weight excluding hydrogens is 338 g/mol. The molecule has 2 N–H and O–H groups in total. The fourth-order valence-electron chi connectivity index (χ4n) is 2.87. The number of hydrogen-bond donors (Lipinski definition) is 2. The number of nitrogens with one attached hydrogen (secondary N) is 2. The van der Waals surface area contributed by atoms with Crippen LogP contribution in [0.15, 0.2) is 30.5 Å². The molecule has 8 heteroatoms. The van der Waals surface area contributed by atoms with Crippen LogP contribution in [-0.4, -0.2) is 26.3 Å². The Balaban J connectivity index is 1.69. The zero-order valence-corrected chi connectivity index (χ0v) is 14.2. The monoisotopic (exact) mass is 351 g/mol. The summed E-state index contributed by atoms with van der Waals surface area (Å²) in [5, 5.41) is 20.4. The highest BCUT2D eigenvalue weighted by molar-refractivity contribution is 6.29. The third kappa shape index (κ3) is 2.88. The van der Waals surface area contributed by atoms with Gasteiger partial charge in [0.15, 0.2) is 5.82 Å². The Morgan fingerprint density at radius 2 is 2.24 bits per heavy atom. The van der Waals surface area contributed by atoms with Crippen LogP contribution < -0.4 is 10.6 Å². The molecule has 0 radical (unpaired) electrons. The second kappa shape index (κ2) is 6.07. The van der Waals surface area contributed by atoms with Crippen LogP contribution in [0.5, 0.6) is 0 Å². The van der Waals surface area contributed by atoms with E-state index in [1.54, 1.807) is 24.0 Å². The van der Waals surface area contributed by atoms with Crippen molar-refractivity contribution < 1.29 is 0 Å². The number of rotatable bonds is 3. The number of halogens is 1. The number of anilines is 3. The van der Waals surface area contributed by atoms with E-state index in [2.05, 4.69) is 37.8 Å². The molecule has 3 aromatic rings. The minimum atomic E-state index is 0.421. The molecule has 2 aromatic heterocycles. The summed E-state index contributed by atoms with van der Waals surface area (Å²) in [7, 11) is 1.76. The third-order valence-electron chi connectivity index (χ3n) is 4.05. The van der Waals surface area contributed by atoms with Crippen LogP contribution in [0.2, 0.25) is 5.15 Å². The van der Waals surface area contributed by atoms with Crippen molar-refractivity contribution in [3.63, 3.8) is 0 Å². The summed E-state index contributed by atoms with van der Waals surface area (Å²) in [6.07, 6.45) is 2.58. The van der Waals surface area contributed by atoms with Crippen molar-refractivity contribution >= 4 is 29.1 Å². The van der Waals surface area contributed by atoms with E-state index in [1.165, 1.54) is 0 Å². The molecule has 1 aromatic carbocycles. The molecule has 0 fully saturated rings. The SMILES string of the molecule is Cn1nc(Nc2nccc(-c3cc(C#N)c4c(c3)CCN4)n2)cc1Cl. The average molecular weight is 352 g/mol. The summed E-state index contributed by atoms with van der Waals surface area (Å²) in [6, 6.07) is 9.69.